The molecule has 8 aromatic rings. The Hall–Kier alpha value is -5.47. The van der Waals surface area contributed by atoms with E-state index >= 15 is 0 Å². The molecule has 0 bridgehead atoms. The van der Waals surface area contributed by atoms with Crippen molar-refractivity contribution >= 4 is 44.4 Å². The molecule has 4 aliphatic heterocycles. The summed E-state index contributed by atoms with van der Waals surface area (Å²) in [4.78, 5) is 0. The third-order valence-corrected chi connectivity index (χ3v) is 17.2. The zero-order chi connectivity index (χ0) is 55.1. The Kier molecular flexibility index (Phi) is 18.6. The van der Waals surface area contributed by atoms with Crippen LogP contribution in [0.15, 0.2) is 107 Å². The van der Waals surface area contributed by atoms with Crippen molar-refractivity contribution in [3.8, 4) is 44.5 Å². The number of H-pyrrole nitrogens is 2. The van der Waals surface area contributed by atoms with Crippen LogP contribution < -0.4 is 5.46 Å². The minimum atomic E-state index is -0.350. The summed E-state index contributed by atoms with van der Waals surface area (Å²) < 4.78 is 37.8. The molecule has 412 valence electrons. The highest BCUT2D eigenvalue weighted by Crippen LogP contribution is 2.38. The fourth-order valence-electron chi connectivity index (χ4n) is 10.1. The lowest BCUT2D eigenvalue weighted by Gasteiger charge is -2.32. The van der Waals surface area contributed by atoms with Crippen LogP contribution in [0.4, 0.5) is 0 Å². The van der Waals surface area contributed by atoms with Gasteiger partial charge in [-0.25, -0.2) is 14.0 Å². The molecule has 3 unspecified atom stereocenters. The molecule has 12 rings (SSSR count). The lowest BCUT2D eigenvalue weighted by atomic mass is 9.82. The van der Waals surface area contributed by atoms with Gasteiger partial charge in [-0.3, -0.25) is 10.2 Å². The summed E-state index contributed by atoms with van der Waals surface area (Å²) in [6, 6.07) is 13.1. The fourth-order valence-corrected chi connectivity index (χ4v) is 11.0. The van der Waals surface area contributed by atoms with E-state index in [1.54, 1.807) is 0 Å². The number of aromatic amines is 2. The van der Waals surface area contributed by atoms with E-state index in [1.807, 2.05) is 63.6 Å². The molecule has 0 saturated carbocycles. The van der Waals surface area contributed by atoms with Crippen molar-refractivity contribution in [3.05, 3.63) is 141 Å². The number of hydrogen-bond donors (Lipinski definition) is 2. The lowest BCUT2D eigenvalue weighted by molar-refractivity contribution is -0.0395. The van der Waals surface area contributed by atoms with Crippen LogP contribution in [-0.2, 0) is 23.5 Å². The number of aryl methyl sites for hydroxylation is 6. The van der Waals surface area contributed by atoms with E-state index in [0.29, 0.717) is 0 Å². The van der Waals surface area contributed by atoms with Crippen molar-refractivity contribution in [1.29, 1.82) is 0 Å². The van der Waals surface area contributed by atoms with Crippen LogP contribution in [0.3, 0.4) is 0 Å². The number of ether oxygens (including phenoxy) is 3. The van der Waals surface area contributed by atoms with E-state index in [4.69, 9.17) is 23.5 Å². The first-order valence-electron chi connectivity index (χ1n) is 27.4. The second-order valence-corrected chi connectivity index (χ2v) is 23.7. The third kappa shape index (κ3) is 13.6. The van der Waals surface area contributed by atoms with Gasteiger partial charge in [0.25, 0.3) is 0 Å². The standard InChI is InChI=1S/C24H30N4O2.C14H23BN2O3.C14H14N4.C8H8Br2/c1-17-11-22(20-14-26-28(16-20)24-8-4-6-10-30-24)18(2)12-21(17)19-13-25-27(15-19)23-7-3-5-9-29-23;1-13(2)14(3,4)20-15(19-13)11-9-16-17(10-11)12-7-5-6-8-18-12;1-9-3-14(12-7-17-18-8-12)10(2)4-13(9)11-5-15-16-6-11;1-5-3-8(10)6(2)4-7(5)9/h11-16,23-24H,3-10H2,1-2H3;9-10,12H,5-8H2,1-4H3;3-8H,1-2H3,(H,15,16)(H,17,18);3-4H,1-2H3. The highest BCUT2D eigenvalue weighted by molar-refractivity contribution is 9.11. The van der Waals surface area contributed by atoms with E-state index in [1.165, 1.54) is 83.8 Å². The first-order chi connectivity index (χ1) is 37.4. The molecular weight excluding hydrogens is 1110 g/mol. The third-order valence-electron chi connectivity index (χ3n) is 15.5. The van der Waals surface area contributed by atoms with Crippen LogP contribution in [-0.4, -0.2) is 87.9 Å². The minimum Gasteiger partial charge on any atom is -0.399 e. The summed E-state index contributed by atoms with van der Waals surface area (Å²) in [5, 5.41) is 27.3. The summed E-state index contributed by atoms with van der Waals surface area (Å²) in [7, 11) is -0.350. The Bertz CT molecular complexity index is 3010. The molecule has 0 radical (unpaired) electrons. The van der Waals surface area contributed by atoms with Gasteiger partial charge in [-0.2, -0.15) is 25.5 Å². The number of aromatic nitrogens is 10. The van der Waals surface area contributed by atoms with E-state index in [0.717, 1.165) is 86.1 Å². The monoisotopic (exact) mass is 1180 g/mol. The average molecular weight is 1190 g/mol. The maximum Gasteiger partial charge on any atom is 0.498 e. The Morgan fingerprint density at radius 1 is 0.462 bits per heavy atom. The van der Waals surface area contributed by atoms with Crippen molar-refractivity contribution in [1.82, 2.24) is 49.7 Å². The van der Waals surface area contributed by atoms with Gasteiger partial charge in [0.05, 0.1) is 36.0 Å². The zero-order valence-electron chi connectivity index (χ0n) is 46.9. The summed E-state index contributed by atoms with van der Waals surface area (Å²) in [6.45, 7) is 23.4. The Morgan fingerprint density at radius 2 is 0.821 bits per heavy atom. The van der Waals surface area contributed by atoms with Crippen LogP contribution in [0.1, 0.15) is 138 Å². The van der Waals surface area contributed by atoms with Crippen molar-refractivity contribution in [2.75, 3.05) is 19.8 Å². The number of nitrogens with zero attached hydrogens (tertiary/aromatic N) is 8. The van der Waals surface area contributed by atoms with Gasteiger partial charge in [-0.05, 0) is 195 Å². The van der Waals surface area contributed by atoms with Gasteiger partial charge in [0, 0.05) is 93.7 Å². The van der Waals surface area contributed by atoms with Crippen LogP contribution >= 0.6 is 31.9 Å². The maximum atomic E-state index is 6.03. The topological polar surface area (TPSA) is 157 Å². The molecule has 78 heavy (non-hydrogen) atoms. The number of benzene rings is 3. The molecule has 4 saturated heterocycles. The van der Waals surface area contributed by atoms with Crippen LogP contribution in [0, 0.1) is 41.5 Å². The first-order valence-corrected chi connectivity index (χ1v) is 29.0. The van der Waals surface area contributed by atoms with Gasteiger partial charge in [0.2, 0.25) is 0 Å². The Morgan fingerprint density at radius 3 is 1.17 bits per heavy atom. The molecule has 9 heterocycles. The normalized spacial score (nSPS) is 19.7. The molecule has 2 N–H and O–H groups in total. The highest BCUT2D eigenvalue weighted by Gasteiger charge is 2.52. The second-order valence-electron chi connectivity index (χ2n) is 22.0. The molecule has 0 aliphatic carbocycles. The lowest BCUT2D eigenvalue weighted by Crippen LogP contribution is -2.41. The molecule has 15 nitrogen and oxygen atoms in total. The molecular formula is C60H75BBr2N10O5. The quantitative estimate of drug-likeness (QED) is 0.140. The fraction of sp³-hybridized carbons (Fsp3) is 0.450. The van der Waals surface area contributed by atoms with Gasteiger partial charge in [-0.15, -0.1) is 0 Å². The van der Waals surface area contributed by atoms with Crippen LogP contribution in [0.25, 0.3) is 44.5 Å². The van der Waals surface area contributed by atoms with Gasteiger partial charge < -0.3 is 23.5 Å². The number of nitrogens with one attached hydrogen (secondary N) is 2. The first kappa shape index (κ1) is 57.2. The molecule has 0 spiro atoms. The maximum absolute atomic E-state index is 6.03. The van der Waals surface area contributed by atoms with Gasteiger partial charge >= 0.3 is 7.12 Å². The summed E-state index contributed by atoms with van der Waals surface area (Å²) in [5.74, 6) is 0. The second kappa shape index (κ2) is 25.3. The molecule has 4 aliphatic rings. The predicted octanol–water partition coefficient (Wildman–Crippen LogP) is 14.2. The van der Waals surface area contributed by atoms with E-state index < -0.39 is 0 Å². The van der Waals surface area contributed by atoms with Crippen molar-refractivity contribution in [3.63, 3.8) is 0 Å². The average Bonchev–Trinajstić information content (AvgIpc) is 4.40. The minimum absolute atomic E-state index is 0.0555. The molecule has 4 fully saturated rings. The van der Waals surface area contributed by atoms with Crippen LogP contribution in [0.5, 0.6) is 0 Å². The molecule has 3 aromatic carbocycles. The highest BCUT2D eigenvalue weighted by atomic mass is 79.9. The summed E-state index contributed by atoms with van der Waals surface area (Å²) in [5.41, 5.74) is 17.2. The molecule has 0 amide bonds. The van der Waals surface area contributed by atoms with Crippen molar-refractivity contribution in [2.24, 2.45) is 0 Å². The number of rotatable bonds is 8. The zero-order valence-corrected chi connectivity index (χ0v) is 50.1. The molecule has 3 atom stereocenters. The molecule has 5 aromatic heterocycles. The Labute approximate surface area is 476 Å². The van der Waals surface area contributed by atoms with Crippen molar-refractivity contribution in [2.45, 2.75) is 157 Å². The van der Waals surface area contributed by atoms with E-state index in [-0.39, 0.29) is 37.0 Å². The van der Waals surface area contributed by atoms with E-state index in [2.05, 4.69) is 186 Å². The summed E-state index contributed by atoms with van der Waals surface area (Å²) in [6.07, 6.45) is 29.8. The number of halogens is 2. The number of hydrogen-bond acceptors (Lipinski definition) is 10. The SMILES string of the molecule is CC1(C)OB(c2cnn(C3CCCCO3)c2)OC1(C)C.Cc1cc(-c2cn[nH]c2)c(C)cc1-c1cn[nH]c1.Cc1cc(-c2cnn(C3CCCCO3)c2)c(C)cc1-c1cnn(C2CCCCO2)c1.Cc1cc(Br)c(C)cc1Br. The van der Waals surface area contributed by atoms with Gasteiger partial charge in [0.1, 0.15) is 18.7 Å². The predicted molar refractivity (Wildman–Crippen MR) is 315 cm³/mol. The Balaban J connectivity index is 0.000000135. The largest absolute Gasteiger partial charge is 0.498 e. The van der Waals surface area contributed by atoms with Crippen molar-refractivity contribution < 1.29 is 23.5 Å². The summed E-state index contributed by atoms with van der Waals surface area (Å²) >= 11 is 6.92. The van der Waals surface area contributed by atoms with Crippen LogP contribution in [0.2, 0.25) is 0 Å². The smallest absolute Gasteiger partial charge is 0.399 e. The molecule has 18 heteroatoms. The van der Waals surface area contributed by atoms with Gasteiger partial charge in [0.15, 0.2) is 0 Å². The van der Waals surface area contributed by atoms with E-state index in [9.17, 15) is 0 Å². The van der Waals surface area contributed by atoms with Gasteiger partial charge in [-0.1, -0.05) is 56.1 Å².